The van der Waals surface area contributed by atoms with Crippen molar-refractivity contribution in [2.75, 3.05) is 36.5 Å². The van der Waals surface area contributed by atoms with Gasteiger partial charge in [-0.3, -0.25) is 9.78 Å². The topological polar surface area (TPSA) is 54.5 Å². The number of hydrogen-bond donors (Lipinski definition) is 1. The molecule has 1 saturated heterocycles. The lowest BCUT2D eigenvalue weighted by Crippen LogP contribution is -2.36. The van der Waals surface area contributed by atoms with Crippen LogP contribution in [0, 0.1) is 0 Å². The Balaban J connectivity index is 1.74. The molecule has 0 radical (unpaired) electrons. The molecule has 108 valence electrons. The molecule has 0 bridgehead atoms. The summed E-state index contributed by atoms with van der Waals surface area (Å²) >= 11 is 0. The van der Waals surface area contributed by atoms with Gasteiger partial charge in [-0.15, -0.1) is 0 Å². The molecule has 1 aliphatic heterocycles. The fourth-order valence-corrected chi connectivity index (χ4v) is 2.28. The Morgan fingerprint density at radius 3 is 2.67 bits per heavy atom. The Hall–Kier alpha value is -2.40. The van der Waals surface area contributed by atoms with E-state index in [0.717, 1.165) is 24.5 Å². The molecule has 0 saturated carbocycles. The number of carbonyl (C=O) groups excluding carboxylic acids is 1. The molecule has 1 amide bonds. The summed E-state index contributed by atoms with van der Waals surface area (Å²) < 4.78 is 5.34. The molecule has 0 unspecified atom stereocenters. The van der Waals surface area contributed by atoms with E-state index < -0.39 is 0 Å². The first-order valence-corrected chi connectivity index (χ1v) is 6.98. The minimum atomic E-state index is -0.198. The molecule has 1 aromatic heterocycles. The van der Waals surface area contributed by atoms with Gasteiger partial charge < -0.3 is 15.0 Å². The summed E-state index contributed by atoms with van der Waals surface area (Å²) in [7, 11) is 0. The normalized spacial score (nSPS) is 14.8. The molecule has 3 rings (SSSR count). The van der Waals surface area contributed by atoms with E-state index in [1.54, 1.807) is 6.20 Å². The minimum Gasteiger partial charge on any atom is -0.378 e. The molecule has 2 heterocycles. The second-order valence-corrected chi connectivity index (χ2v) is 4.82. The number of nitrogens with zero attached hydrogens (tertiary/aromatic N) is 2. The molecule has 21 heavy (non-hydrogen) atoms. The molecule has 2 aromatic rings. The highest BCUT2D eigenvalue weighted by Crippen LogP contribution is 2.17. The molecule has 1 N–H and O–H groups in total. The third-order valence-corrected chi connectivity index (χ3v) is 3.38. The first-order valence-electron chi connectivity index (χ1n) is 6.98. The molecule has 5 nitrogen and oxygen atoms in total. The number of para-hydroxylation sites is 1. The Kier molecular flexibility index (Phi) is 4.12. The quantitative estimate of drug-likeness (QED) is 0.938. The van der Waals surface area contributed by atoms with E-state index in [1.165, 1.54) is 0 Å². The van der Waals surface area contributed by atoms with Gasteiger partial charge in [-0.05, 0) is 24.3 Å². The summed E-state index contributed by atoms with van der Waals surface area (Å²) in [5.41, 5.74) is 2.19. The molecule has 0 atom stereocenters. The summed E-state index contributed by atoms with van der Waals surface area (Å²) in [4.78, 5) is 18.6. The Morgan fingerprint density at radius 2 is 1.90 bits per heavy atom. The lowest BCUT2D eigenvalue weighted by atomic mass is 10.2. The molecule has 5 heteroatoms. The van der Waals surface area contributed by atoms with Crippen LogP contribution in [0.2, 0.25) is 0 Å². The molecule has 0 aliphatic carbocycles. The number of nitrogens with one attached hydrogen (secondary N) is 1. The average molecular weight is 283 g/mol. The van der Waals surface area contributed by atoms with Gasteiger partial charge in [0.2, 0.25) is 0 Å². The van der Waals surface area contributed by atoms with Crippen LogP contribution in [0.25, 0.3) is 0 Å². The number of benzene rings is 1. The van der Waals surface area contributed by atoms with Gasteiger partial charge in [-0.1, -0.05) is 18.2 Å². The standard InChI is InChI=1S/C16H17N3O2/c20-16(18-13-4-2-1-3-5-13)15-12-14(6-7-17-15)19-8-10-21-11-9-19/h1-7,12H,8-11H2,(H,18,20). The highest BCUT2D eigenvalue weighted by Gasteiger charge is 2.14. The van der Waals surface area contributed by atoms with Crippen LogP contribution in [0.4, 0.5) is 11.4 Å². The molecule has 1 aliphatic rings. The summed E-state index contributed by atoms with van der Waals surface area (Å²) in [6, 6.07) is 13.1. The van der Waals surface area contributed by atoms with Crippen LogP contribution in [-0.2, 0) is 4.74 Å². The maximum Gasteiger partial charge on any atom is 0.274 e. The number of rotatable bonds is 3. The van der Waals surface area contributed by atoms with Crippen molar-refractivity contribution in [1.29, 1.82) is 0 Å². The van der Waals surface area contributed by atoms with Crippen LogP contribution < -0.4 is 10.2 Å². The number of carbonyl (C=O) groups is 1. The molecule has 1 fully saturated rings. The van der Waals surface area contributed by atoms with Crippen molar-refractivity contribution in [2.24, 2.45) is 0 Å². The van der Waals surface area contributed by atoms with Crippen molar-refractivity contribution in [3.63, 3.8) is 0 Å². The van der Waals surface area contributed by atoms with Gasteiger partial charge in [0.05, 0.1) is 13.2 Å². The van der Waals surface area contributed by atoms with Gasteiger partial charge >= 0.3 is 0 Å². The molecule has 1 aromatic carbocycles. The summed E-state index contributed by atoms with van der Waals surface area (Å²) in [6.07, 6.45) is 1.67. The minimum absolute atomic E-state index is 0.198. The summed E-state index contributed by atoms with van der Waals surface area (Å²) in [5.74, 6) is -0.198. The Bertz CT molecular complexity index is 610. The zero-order valence-corrected chi connectivity index (χ0v) is 11.7. The number of ether oxygens (including phenoxy) is 1. The third kappa shape index (κ3) is 3.38. The van der Waals surface area contributed by atoms with Crippen molar-refractivity contribution in [3.8, 4) is 0 Å². The first kappa shape index (κ1) is 13.6. The smallest absolute Gasteiger partial charge is 0.274 e. The fourth-order valence-electron chi connectivity index (χ4n) is 2.28. The summed E-state index contributed by atoms with van der Waals surface area (Å²) in [6.45, 7) is 3.11. The van der Waals surface area contributed by atoms with E-state index >= 15 is 0 Å². The van der Waals surface area contributed by atoms with Crippen LogP contribution in [0.15, 0.2) is 48.7 Å². The number of pyridine rings is 1. The average Bonchev–Trinajstić information content (AvgIpc) is 2.57. The zero-order chi connectivity index (χ0) is 14.5. The zero-order valence-electron chi connectivity index (χ0n) is 11.7. The monoisotopic (exact) mass is 283 g/mol. The van der Waals surface area contributed by atoms with Crippen molar-refractivity contribution < 1.29 is 9.53 Å². The number of aromatic nitrogens is 1. The lowest BCUT2D eigenvalue weighted by Gasteiger charge is -2.28. The van der Waals surface area contributed by atoms with Crippen molar-refractivity contribution in [3.05, 3.63) is 54.4 Å². The third-order valence-electron chi connectivity index (χ3n) is 3.38. The maximum absolute atomic E-state index is 12.2. The van der Waals surface area contributed by atoms with Crippen LogP contribution >= 0.6 is 0 Å². The highest BCUT2D eigenvalue weighted by atomic mass is 16.5. The van der Waals surface area contributed by atoms with Gasteiger partial charge in [0.15, 0.2) is 0 Å². The first-order chi connectivity index (χ1) is 10.3. The number of hydrogen-bond acceptors (Lipinski definition) is 4. The van der Waals surface area contributed by atoms with Crippen molar-refractivity contribution in [2.45, 2.75) is 0 Å². The van der Waals surface area contributed by atoms with Crippen LogP contribution in [-0.4, -0.2) is 37.2 Å². The van der Waals surface area contributed by atoms with E-state index in [4.69, 9.17) is 4.74 Å². The number of anilines is 2. The van der Waals surface area contributed by atoms with Gasteiger partial charge in [0.25, 0.3) is 5.91 Å². The van der Waals surface area contributed by atoms with E-state index in [0.29, 0.717) is 18.9 Å². The molecular formula is C16H17N3O2. The van der Waals surface area contributed by atoms with E-state index in [1.807, 2.05) is 42.5 Å². The fraction of sp³-hybridized carbons (Fsp3) is 0.250. The van der Waals surface area contributed by atoms with Gasteiger partial charge in [0.1, 0.15) is 5.69 Å². The highest BCUT2D eigenvalue weighted by molar-refractivity contribution is 6.03. The van der Waals surface area contributed by atoms with Crippen molar-refractivity contribution in [1.82, 2.24) is 4.98 Å². The SMILES string of the molecule is O=C(Nc1ccccc1)c1cc(N2CCOCC2)ccn1. The second kappa shape index (κ2) is 6.37. The predicted molar refractivity (Wildman–Crippen MR) is 81.7 cm³/mol. The number of morpholine rings is 1. The number of amides is 1. The van der Waals surface area contributed by atoms with Crippen LogP contribution in [0.5, 0.6) is 0 Å². The largest absolute Gasteiger partial charge is 0.378 e. The maximum atomic E-state index is 12.2. The van der Waals surface area contributed by atoms with Crippen LogP contribution in [0.3, 0.4) is 0 Å². The van der Waals surface area contributed by atoms with E-state index in [-0.39, 0.29) is 5.91 Å². The van der Waals surface area contributed by atoms with E-state index in [2.05, 4.69) is 15.2 Å². The van der Waals surface area contributed by atoms with Gasteiger partial charge in [-0.25, -0.2) is 0 Å². The Morgan fingerprint density at radius 1 is 1.14 bits per heavy atom. The molecular weight excluding hydrogens is 266 g/mol. The molecule has 0 spiro atoms. The van der Waals surface area contributed by atoms with Gasteiger partial charge in [-0.2, -0.15) is 0 Å². The second-order valence-electron chi connectivity index (χ2n) is 4.82. The van der Waals surface area contributed by atoms with Crippen LogP contribution in [0.1, 0.15) is 10.5 Å². The Labute approximate surface area is 123 Å². The van der Waals surface area contributed by atoms with Crippen molar-refractivity contribution >= 4 is 17.3 Å². The van der Waals surface area contributed by atoms with Gasteiger partial charge in [0, 0.05) is 30.7 Å². The van der Waals surface area contributed by atoms with E-state index in [9.17, 15) is 4.79 Å². The summed E-state index contributed by atoms with van der Waals surface area (Å²) in [5, 5.41) is 2.84. The predicted octanol–water partition coefficient (Wildman–Crippen LogP) is 2.17. The lowest BCUT2D eigenvalue weighted by molar-refractivity contribution is 0.102.